The zero-order valence-electron chi connectivity index (χ0n) is 19.8. The van der Waals surface area contributed by atoms with E-state index in [1.54, 1.807) is 39.5 Å². The van der Waals surface area contributed by atoms with Gasteiger partial charge in [0.1, 0.15) is 6.17 Å². The molecule has 0 saturated heterocycles. The van der Waals surface area contributed by atoms with Crippen LogP contribution in [-0.2, 0) is 4.79 Å². The van der Waals surface area contributed by atoms with Gasteiger partial charge < -0.3 is 30.2 Å². The second kappa shape index (κ2) is 13.2. The van der Waals surface area contributed by atoms with Gasteiger partial charge >= 0.3 is 0 Å². The van der Waals surface area contributed by atoms with Crippen LogP contribution in [0.15, 0.2) is 18.2 Å². The van der Waals surface area contributed by atoms with Crippen molar-refractivity contribution >= 4 is 29.3 Å². The van der Waals surface area contributed by atoms with Crippen molar-refractivity contribution in [1.82, 2.24) is 16.0 Å². The van der Waals surface area contributed by atoms with E-state index in [9.17, 15) is 4.79 Å². The van der Waals surface area contributed by atoms with Crippen LogP contribution in [-0.4, -0.2) is 44.6 Å². The molecule has 0 spiro atoms. The number of carbonyl (C=O) groups excluding carboxylic acids is 1. The highest BCUT2D eigenvalue weighted by Gasteiger charge is 2.18. The van der Waals surface area contributed by atoms with E-state index in [1.807, 2.05) is 0 Å². The number of hydrogen-bond acceptors (Lipinski definition) is 5. The molecule has 1 amide bonds. The summed E-state index contributed by atoms with van der Waals surface area (Å²) in [7, 11) is 4.67. The fraction of sp³-hybridized carbons (Fsp3) is 0.583. The van der Waals surface area contributed by atoms with Crippen LogP contribution in [0.25, 0.3) is 6.08 Å². The second-order valence-electron chi connectivity index (χ2n) is 8.44. The number of rotatable bonds is 10. The van der Waals surface area contributed by atoms with Gasteiger partial charge in [-0.3, -0.25) is 4.79 Å². The average molecular weight is 464 g/mol. The average Bonchev–Trinajstić information content (AvgIpc) is 2.76. The number of amides is 1. The number of hydrogen-bond donors (Lipinski definition) is 3. The number of ether oxygens (including phenoxy) is 3. The van der Waals surface area contributed by atoms with Crippen molar-refractivity contribution in [2.75, 3.05) is 21.3 Å². The topological polar surface area (TPSA) is 80.9 Å². The number of methoxy groups -OCH3 is 3. The molecule has 1 aliphatic carbocycles. The molecular weight excluding hydrogens is 426 g/mol. The third-order valence-corrected chi connectivity index (χ3v) is 5.62. The Morgan fingerprint density at radius 1 is 1.06 bits per heavy atom. The van der Waals surface area contributed by atoms with Gasteiger partial charge in [0, 0.05) is 12.1 Å². The highest BCUT2D eigenvalue weighted by Crippen LogP contribution is 2.38. The quantitative estimate of drug-likeness (QED) is 0.275. The maximum absolute atomic E-state index is 12.6. The van der Waals surface area contributed by atoms with Crippen LogP contribution in [0, 0.1) is 5.92 Å². The third-order valence-electron chi connectivity index (χ3n) is 5.38. The predicted molar refractivity (Wildman–Crippen MR) is 132 cm³/mol. The first kappa shape index (κ1) is 25.8. The fourth-order valence-electron chi connectivity index (χ4n) is 3.85. The predicted octanol–water partition coefficient (Wildman–Crippen LogP) is 4.01. The van der Waals surface area contributed by atoms with Crippen molar-refractivity contribution < 1.29 is 19.0 Å². The summed E-state index contributed by atoms with van der Waals surface area (Å²) in [5.74, 6) is 1.76. The van der Waals surface area contributed by atoms with Crippen LogP contribution in [0.4, 0.5) is 0 Å². The first-order valence-electron chi connectivity index (χ1n) is 11.2. The fourth-order valence-corrected chi connectivity index (χ4v) is 4.16. The minimum absolute atomic E-state index is 0.211. The molecule has 1 atom stereocenters. The molecule has 1 fully saturated rings. The molecule has 0 aliphatic heterocycles. The van der Waals surface area contributed by atoms with Gasteiger partial charge in [-0.2, -0.15) is 0 Å². The van der Waals surface area contributed by atoms with Gasteiger partial charge in [-0.25, -0.2) is 0 Å². The molecule has 1 unspecified atom stereocenters. The van der Waals surface area contributed by atoms with Gasteiger partial charge in [-0.1, -0.05) is 33.1 Å². The van der Waals surface area contributed by atoms with Crippen LogP contribution in [0.5, 0.6) is 17.2 Å². The SMILES string of the molecule is COc1cc(/C=C/C(=O)NC(CC(C)C)NC(=S)NC2CCCCC2)cc(OC)c1OC. The molecule has 0 bridgehead atoms. The Morgan fingerprint density at radius 3 is 2.22 bits per heavy atom. The van der Waals surface area contributed by atoms with Crippen molar-refractivity contribution in [3.05, 3.63) is 23.8 Å². The van der Waals surface area contributed by atoms with Crippen LogP contribution in [0.3, 0.4) is 0 Å². The van der Waals surface area contributed by atoms with E-state index >= 15 is 0 Å². The van der Waals surface area contributed by atoms with E-state index in [1.165, 1.54) is 25.3 Å². The van der Waals surface area contributed by atoms with Gasteiger partial charge in [0.15, 0.2) is 16.6 Å². The molecule has 7 nitrogen and oxygen atoms in total. The lowest BCUT2D eigenvalue weighted by atomic mass is 9.96. The first-order chi connectivity index (χ1) is 15.4. The molecular formula is C24H37N3O4S. The lowest BCUT2D eigenvalue weighted by molar-refractivity contribution is -0.117. The van der Waals surface area contributed by atoms with Gasteiger partial charge in [-0.05, 0) is 61.2 Å². The zero-order chi connectivity index (χ0) is 23.5. The Labute approximate surface area is 197 Å². The molecule has 1 aromatic carbocycles. The second-order valence-corrected chi connectivity index (χ2v) is 8.84. The monoisotopic (exact) mass is 463 g/mol. The molecule has 8 heteroatoms. The van der Waals surface area contributed by atoms with Gasteiger partial charge in [0.25, 0.3) is 0 Å². The standard InChI is InChI=1S/C24H37N3O4S/c1-16(2)13-21(27-24(32)25-18-9-7-6-8-10-18)26-22(28)12-11-17-14-19(29-3)23(31-5)20(15-17)30-4/h11-12,14-16,18,21H,6-10,13H2,1-5H3,(H,26,28)(H2,25,27,32)/b12-11+. The first-order valence-corrected chi connectivity index (χ1v) is 11.6. The van der Waals surface area contributed by atoms with Crippen molar-refractivity contribution in [3.63, 3.8) is 0 Å². The molecule has 1 saturated carbocycles. The summed E-state index contributed by atoms with van der Waals surface area (Å²) >= 11 is 5.51. The highest BCUT2D eigenvalue weighted by atomic mass is 32.1. The molecule has 178 valence electrons. The lowest BCUT2D eigenvalue weighted by Crippen LogP contribution is -2.53. The maximum Gasteiger partial charge on any atom is 0.245 e. The number of benzene rings is 1. The van der Waals surface area contributed by atoms with E-state index in [4.69, 9.17) is 26.4 Å². The Morgan fingerprint density at radius 2 is 1.69 bits per heavy atom. The zero-order valence-corrected chi connectivity index (χ0v) is 20.6. The van der Waals surface area contributed by atoms with E-state index in [0.717, 1.165) is 24.8 Å². The maximum atomic E-state index is 12.6. The Bertz CT molecular complexity index is 766. The van der Waals surface area contributed by atoms with Crippen molar-refractivity contribution in [3.8, 4) is 17.2 Å². The Hall–Kier alpha value is -2.48. The van der Waals surface area contributed by atoms with Crippen LogP contribution < -0.4 is 30.2 Å². The molecule has 32 heavy (non-hydrogen) atoms. The minimum atomic E-state index is -0.254. The van der Waals surface area contributed by atoms with Crippen molar-refractivity contribution in [2.45, 2.75) is 64.6 Å². The van der Waals surface area contributed by atoms with Crippen LogP contribution >= 0.6 is 12.2 Å². The summed E-state index contributed by atoms with van der Waals surface area (Å²) in [5, 5.41) is 10.3. The van der Waals surface area contributed by atoms with E-state index < -0.39 is 0 Å². The van der Waals surface area contributed by atoms with E-state index in [2.05, 4.69) is 29.8 Å². The minimum Gasteiger partial charge on any atom is -0.493 e. The number of nitrogens with one attached hydrogen (secondary N) is 3. The summed E-state index contributed by atoms with van der Waals surface area (Å²) < 4.78 is 16.1. The Balaban J connectivity index is 2.01. The largest absolute Gasteiger partial charge is 0.493 e. The number of carbonyl (C=O) groups is 1. The van der Waals surface area contributed by atoms with Gasteiger partial charge in [0.2, 0.25) is 11.7 Å². The van der Waals surface area contributed by atoms with Gasteiger partial charge in [0.05, 0.1) is 21.3 Å². The molecule has 2 rings (SSSR count). The van der Waals surface area contributed by atoms with E-state index in [0.29, 0.717) is 34.3 Å². The molecule has 3 N–H and O–H groups in total. The summed E-state index contributed by atoms with van der Waals surface area (Å²) in [6.07, 6.45) is 9.75. The van der Waals surface area contributed by atoms with Gasteiger partial charge in [-0.15, -0.1) is 0 Å². The third kappa shape index (κ3) is 8.22. The number of thiocarbonyl (C=S) groups is 1. The normalized spacial score (nSPS) is 15.3. The van der Waals surface area contributed by atoms with Crippen molar-refractivity contribution in [1.29, 1.82) is 0 Å². The lowest BCUT2D eigenvalue weighted by Gasteiger charge is -2.28. The molecule has 0 radical (unpaired) electrons. The summed E-state index contributed by atoms with van der Waals surface area (Å²) in [6.45, 7) is 4.23. The highest BCUT2D eigenvalue weighted by molar-refractivity contribution is 7.80. The van der Waals surface area contributed by atoms with Crippen LogP contribution in [0.2, 0.25) is 0 Å². The smallest absolute Gasteiger partial charge is 0.245 e. The summed E-state index contributed by atoms with van der Waals surface area (Å²) in [6, 6.07) is 4.00. The molecule has 0 heterocycles. The molecule has 1 aromatic rings. The van der Waals surface area contributed by atoms with Crippen molar-refractivity contribution in [2.24, 2.45) is 5.92 Å². The van der Waals surface area contributed by atoms with Crippen LogP contribution in [0.1, 0.15) is 57.9 Å². The summed E-state index contributed by atoms with van der Waals surface area (Å²) in [5.41, 5.74) is 0.762. The van der Waals surface area contributed by atoms with E-state index in [-0.39, 0.29) is 12.1 Å². The molecule has 0 aromatic heterocycles. The summed E-state index contributed by atoms with van der Waals surface area (Å²) in [4.78, 5) is 12.6. The Kier molecular flexibility index (Phi) is 10.6. The molecule has 1 aliphatic rings.